The number of ether oxygens (including phenoxy) is 2. The van der Waals surface area contributed by atoms with Gasteiger partial charge in [0.1, 0.15) is 17.6 Å². The lowest BCUT2D eigenvalue weighted by molar-refractivity contribution is 0.105. The summed E-state index contributed by atoms with van der Waals surface area (Å²) in [6, 6.07) is 11.1. The van der Waals surface area contributed by atoms with Crippen LogP contribution < -0.4 is 14.8 Å². The molecule has 0 spiro atoms. The molecule has 6 nitrogen and oxygen atoms in total. The monoisotopic (exact) mass is 370 g/mol. The molecule has 2 aromatic rings. The van der Waals surface area contributed by atoms with Crippen LogP contribution in [0.3, 0.4) is 0 Å². The van der Waals surface area contributed by atoms with Crippen molar-refractivity contribution in [2.24, 2.45) is 0 Å². The van der Waals surface area contributed by atoms with E-state index < -0.39 is 6.10 Å². The van der Waals surface area contributed by atoms with Crippen molar-refractivity contribution in [1.29, 1.82) is 0 Å². The molecular weight excluding hydrogens is 344 g/mol. The lowest BCUT2D eigenvalue weighted by Crippen LogP contribution is -2.41. The molecule has 27 heavy (non-hydrogen) atoms. The first-order chi connectivity index (χ1) is 13.0. The molecule has 144 valence electrons. The number of anilines is 1. The van der Waals surface area contributed by atoms with Gasteiger partial charge in [-0.2, -0.15) is 0 Å². The number of nitrogens with one attached hydrogen (secondary N) is 1. The van der Waals surface area contributed by atoms with Crippen molar-refractivity contribution >= 4 is 11.7 Å². The normalized spacial score (nSPS) is 16.1. The number of nitrogens with zero attached hydrogens (tertiary/aromatic N) is 1. The largest absolute Gasteiger partial charge is 0.496 e. The fourth-order valence-electron chi connectivity index (χ4n) is 3.54. The first-order valence-electron chi connectivity index (χ1n) is 9.03. The number of β-amino-alcohol motifs (C(OH)–C–C–N with tert-alkyl or cyclic N) is 1. The number of carbonyl (C=O) groups is 1. The van der Waals surface area contributed by atoms with E-state index in [2.05, 4.69) is 19.2 Å². The van der Waals surface area contributed by atoms with Crippen molar-refractivity contribution in [3.8, 4) is 11.5 Å². The molecule has 3 rings (SSSR count). The number of aliphatic hydroxyl groups is 1. The average molecular weight is 370 g/mol. The summed E-state index contributed by atoms with van der Waals surface area (Å²) >= 11 is 0. The van der Waals surface area contributed by atoms with E-state index >= 15 is 0 Å². The molecule has 1 atom stereocenters. The van der Waals surface area contributed by atoms with Crippen LogP contribution in [0.25, 0.3) is 0 Å². The summed E-state index contributed by atoms with van der Waals surface area (Å²) in [5.41, 5.74) is 3.31. The van der Waals surface area contributed by atoms with Gasteiger partial charge in [0.15, 0.2) is 0 Å². The Morgan fingerprint density at radius 1 is 1.15 bits per heavy atom. The fraction of sp³-hybridized carbons (Fsp3) is 0.381. The van der Waals surface area contributed by atoms with Gasteiger partial charge in [0, 0.05) is 16.8 Å². The molecule has 0 bridgehead atoms. The van der Waals surface area contributed by atoms with Crippen LogP contribution in [-0.2, 0) is 6.54 Å². The van der Waals surface area contributed by atoms with Gasteiger partial charge in [-0.15, -0.1) is 0 Å². The van der Waals surface area contributed by atoms with E-state index in [0.29, 0.717) is 29.5 Å². The lowest BCUT2D eigenvalue weighted by Gasteiger charge is -2.34. The van der Waals surface area contributed by atoms with Gasteiger partial charge < -0.3 is 24.8 Å². The first-order valence-corrected chi connectivity index (χ1v) is 9.03. The van der Waals surface area contributed by atoms with Crippen LogP contribution in [0.2, 0.25) is 0 Å². The van der Waals surface area contributed by atoms with Crippen molar-refractivity contribution in [3.63, 3.8) is 0 Å². The fourth-order valence-corrected chi connectivity index (χ4v) is 3.54. The van der Waals surface area contributed by atoms with Crippen molar-refractivity contribution in [2.75, 3.05) is 26.1 Å². The van der Waals surface area contributed by atoms with Gasteiger partial charge in [-0.3, -0.25) is 0 Å². The Bertz CT molecular complexity index is 835. The van der Waals surface area contributed by atoms with Crippen LogP contribution in [0.4, 0.5) is 10.5 Å². The maximum Gasteiger partial charge on any atom is 0.322 e. The second-order valence-corrected chi connectivity index (χ2v) is 6.93. The van der Waals surface area contributed by atoms with Crippen molar-refractivity contribution in [2.45, 2.75) is 32.4 Å². The molecule has 0 aromatic heterocycles. The highest BCUT2D eigenvalue weighted by Gasteiger charge is 2.32. The van der Waals surface area contributed by atoms with E-state index in [9.17, 15) is 9.90 Å². The molecule has 0 saturated heterocycles. The molecule has 2 aromatic carbocycles. The quantitative estimate of drug-likeness (QED) is 0.856. The third-order valence-electron chi connectivity index (χ3n) is 4.90. The Kier molecular flexibility index (Phi) is 5.56. The second-order valence-electron chi connectivity index (χ2n) is 6.93. The molecule has 6 heteroatoms. The predicted octanol–water partition coefficient (Wildman–Crippen LogP) is 3.91. The van der Waals surface area contributed by atoms with Crippen LogP contribution >= 0.6 is 0 Å². The molecule has 1 heterocycles. The minimum Gasteiger partial charge on any atom is -0.496 e. The molecule has 2 N–H and O–H groups in total. The minimum absolute atomic E-state index is 0.187. The summed E-state index contributed by atoms with van der Waals surface area (Å²) in [6.45, 7) is 4.70. The number of benzene rings is 2. The molecular formula is C21H26N2O4. The standard InChI is InChI=1S/C21H26N2O4/c1-13(2)14-7-5-6-8-16(14)22-21(25)23-11-15-18(26-3)9-10-19(27-4)20(15)17(24)12-23/h5-10,13,17,24H,11-12H2,1-4H3,(H,22,25)/t17-/m1/s1. The van der Waals surface area contributed by atoms with E-state index in [1.807, 2.05) is 24.3 Å². The highest BCUT2D eigenvalue weighted by atomic mass is 16.5. The molecule has 0 aliphatic carbocycles. The Labute approximate surface area is 159 Å². The van der Waals surface area contributed by atoms with Crippen molar-refractivity contribution in [3.05, 3.63) is 53.1 Å². The predicted molar refractivity (Wildman–Crippen MR) is 104 cm³/mol. The van der Waals surface area contributed by atoms with E-state index in [-0.39, 0.29) is 12.6 Å². The van der Waals surface area contributed by atoms with E-state index in [1.165, 1.54) is 0 Å². The number of hydrogen-bond acceptors (Lipinski definition) is 4. The summed E-state index contributed by atoms with van der Waals surface area (Å²) < 4.78 is 10.8. The number of urea groups is 1. The number of methoxy groups -OCH3 is 2. The van der Waals surface area contributed by atoms with Crippen molar-refractivity contribution in [1.82, 2.24) is 4.90 Å². The number of hydrogen-bond donors (Lipinski definition) is 2. The first kappa shape index (κ1) is 19.0. The van der Waals surface area contributed by atoms with Gasteiger partial charge in [-0.05, 0) is 29.7 Å². The molecule has 1 aliphatic heterocycles. The van der Waals surface area contributed by atoms with Gasteiger partial charge in [-0.1, -0.05) is 32.0 Å². The Balaban J connectivity index is 1.87. The molecule has 0 fully saturated rings. The van der Waals surface area contributed by atoms with E-state index in [1.54, 1.807) is 31.3 Å². The Morgan fingerprint density at radius 3 is 2.48 bits per heavy atom. The van der Waals surface area contributed by atoms with E-state index in [4.69, 9.17) is 9.47 Å². The third kappa shape index (κ3) is 3.71. The summed E-state index contributed by atoms with van der Waals surface area (Å²) in [5.74, 6) is 1.52. The van der Waals surface area contributed by atoms with Crippen molar-refractivity contribution < 1.29 is 19.4 Å². The van der Waals surface area contributed by atoms with Crippen LogP contribution in [0.15, 0.2) is 36.4 Å². The summed E-state index contributed by atoms with van der Waals surface area (Å²) in [7, 11) is 3.14. The number of fused-ring (bicyclic) bond motifs is 1. The molecule has 2 amide bonds. The number of aliphatic hydroxyl groups excluding tert-OH is 1. The van der Waals surface area contributed by atoms with Gasteiger partial charge in [0.25, 0.3) is 0 Å². The number of para-hydroxylation sites is 1. The maximum atomic E-state index is 12.9. The highest BCUT2D eigenvalue weighted by Crippen LogP contribution is 2.39. The molecule has 0 saturated carbocycles. The Hall–Kier alpha value is -2.73. The molecule has 0 radical (unpaired) electrons. The van der Waals surface area contributed by atoms with Gasteiger partial charge >= 0.3 is 6.03 Å². The minimum atomic E-state index is -0.843. The lowest BCUT2D eigenvalue weighted by atomic mass is 9.95. The second kappa shape index (κ2) is 7.88. The zero-order chi connectivity index (χ0) is 19.6. The highest BCUT2D eigenvalue weighted by molar-refractivity contribution is 5.90. The van der Waals surface area contributed by atoms with Crippen LogP contribution in [0, 0.1) is 0 Å². The van der Waals surface area contributed by atoms with Gasteiger partial charge in [-0.25, -0.2) is 4.79 Å². The third-order valence-corrected chi connectivity index (χ3v) is 4.90. The van der Waals surface area contributed by atoms with Crippen LogP contribution in [0.5, 0.6) is 11.5 Å². The molecule has 0 unspecified atom stereocenters. The SMILES string of the molecule is COc1ccc(OC)c2c1CN(C(=O)Nc1ccccc1C(C)C)C[C@H]2O. The molecule has 1 aliphatic rings. The summed E-state index contributed by atoms with van der Waals surface area (Å²) in [6.07, 6.45) is -0.843. The zero-order valence-corrected chi connectivity index (χ0v) is 16.2. The maximum absolute atomic E-state index is 12.9. The van der Waals surface area contributed by atoms with Gasteiger partial charge in [0.2, 0.25) is 0 Å². The number of carbonyl (C=O) groups excluding carboxylic acids is 1. The number of amides is 2. The number of rotatable bonds is 4. The van der Waals surface area contributed by atoms with E-state index in [0.717, 1.165) is 16.8 Å². The van der Waals surface area contributed by atoms with Crippen LogP contribution in [0.1, 0.15) is 42.6 Å². The average Bonchev–Trinajstić information content (AvgIpc) is 2.67. The zero-order valence-electron chi connectivity index (χ0n) is 16.2. The topological polar surface area (TPSA) is 71.0 Å². The van der Waals surface area contributed by atoms with Crippen LogP contribution in [-0.4, -0.2) is 36.8 Å². The summed E-state index contributed by atoms with van der Waals surface area (Å²) in [4.78, 5) is 14.5. The Morgan fingerprint density at radius 2 is 1.81 bits per heavy atom. The smallest absolute Gasteiger partial charge is 0.322 e. The summed E-state index contributed by atoms with van der Waals surface area (Å²) in [5, 5.41) is 13.6. The van der Waals surface area contributed by atoms with Gasteiger partial charge in [0.05, 0.1) is 27.3 Å².